The molecule has 2 unspecified atom stereocenters. The zero-order chi connectivity index (χ0) is 14.2. The van der Waals surface area contributed by atoms with Crippen molar-refractivity contribution in [2.75, 3.05) is 19.6 Å². The summed E-state index contributed by atoms with van der Waals surface area (Å²) >= 11 is 0. The average molecular weight is 280 g/mol. The van der Waals surface area contributed by atoms with Crippen LogP contribution in [0, 0.1) is 5.92 Å². The molecule has 1 saturated heterocycles. The SMILES string of the molecule is CCCCCC(C)NCCN1CCCC1C1CCCC1. The van der Waals surface area contributed by atoms with Crippen molar-refractivity contribution < 1.29 is 0 Å². The van der Waals surface area contributed by atoms with Gasteiger partial charge >= 0.3 is 0 Å². The number of likely N-dealkylation sites (tertiary alicyclic amines) is 1. The van der Waals surface area contributed by atoms with Gasteiger partial charge in [0.25, 0.3) is 0 Å². The Hall–Kier alpha value is -0.0800. The minimum Gasteiger partial charge on any atom is -0.313 e. The van der Waals surface area contributed by atoms with Gasteiger partial charge in [-0.3, -0.25) is 4.90 Å². The largest absolute Gasteiger partial charge is 0.313 e. The number of hydrogen-bond acceptors (Lipinski definition) is 2. The fourth-order valence-corrected chi connectivity index (χ4v) is 4.26. The van der Waals surface area contributed by atoms with Crippen LogP contribution in [0.2, 0.25) is 0 Å². The first kappa shape index (κ1) is 16.3. The Morgan fingerprint density at radius 1 is 1.10 bits per heavy atom. The van der Waals surface area contributed by atoms with E-state index in [0.29, 0.717) is 6.04 Å². The molecule has 1 aliphatic carbocycles. The van der Waals surface area contributed by atoms with E-state index in [-0.39, 0.29) is 0 Å². The van der Waals surface area contributed by atoms with Gasteiger partial charge in [0.05, 0.1) is 0 Å². The third-order valence-electron chi connectivity index (χ3n) is 5.49. The number of nitrogens with one attached hydrogen (secondary N) is 1. The molecule has 0 bridgehead atoms. The summed E-state index contributed by atoms with van der Waals surface area (Å²) in [5, 5.41) is 3.74. The Kier molecular flexibility index (Phi) is 7.37. The second-order valence-electron chi connectivity index (χ2n) is 7.14. The first-order valence-electron chi connectivity index (χ1n) is 9.28. The monoisotopic (exact) mass is 280 g/mol. The Bertz CT molecular complexity index is 248. The summed E-state index contributed by atoms with van der Waals surface area (Å²) in [5.74, 6) is 1.03. The van der Waals surface area contributed by atoms with Crippen LogP contribution in [0.15, 0.2) is 0 Å². The molecule has 0 spiro atoms. The zero-order valence-electron chi connectivity index (χ0n) is 13.9. The van der Waals surface area contributed by atoms with Gasteiger partial charge in [-0.15, -0.1) is 0 Å². The van der Waals surface area contributed by atoms with Crippen LogP contribution in [0.1, 0.15) is 78.1 Å². The maximum absolute atomic E-state index is 3.74. The quantitative estimate of drug-likeness (QED) is 0.637. The van der Waals surface area contributed by atoms with Crippen LogP contribution in [0.5, 0.6) is 0 Å². The second kappa shape index (κ2) is 9.04. The molecule has 2 nitrogen and oxygen atoms in total. The molecule has 0 radical (unpaired) electrons. The molecular weight excluding hydrogens is 244 g/mol. The summed E-state index contributed by atoms with van der Waals surface area (Å²) in [6.45, 7) is 8.46. The van der Waals surface area contributed by atoms with Crippen molar-refractivity contribution in [3.63, 3.8) is 0 Å². The van der Waals surface area contributed by atoms with Gasteiger partial charge in [-0.2, -0.15) is 0 Å². The normalized spacial score (nSPS) is 26.4. The molecule has 2 fully saturated rings. The lowest BCUT2D eigenvalue weighted by Crippen LogP contribution is -2.40. The van der Waals surface area contributed by atoms with Gasteiger partial charge in [0.2, 0.25) is 0 Å². The van der Waals surface area contributed by atoms with Crippen molar-refractivity contribution >= 4 is 0 Å². The van der Waals surface area contributed by atoms with Crippen molar-refractivity contribution in [3.8, 4) is 0 Å². The molecule has 1 aliphatic heterocycles. The Labute approximate surface area is 126 Å². The van der Waals surface area contributed by atoms with E-state index >= 15 is 0 Å². The predicted octanol–water partition coefficient (Wildman–Crippen LogP) is 4.20. The summed E-state index contributed by atoms with van der Waals surface area (Å²) in [5.41, 5.74) is 0. The lowest BCUT2D eigenvalue weighted by atomic mass is 9.96. The van der Waals surface area contributed by atoms with Crippen LogP contribution in [-0.4, -0.2) is 36.6 Å². The number of rotatable bonds is 9. The van der Waals surface area contributed by atoms with E-state index in [4.69, 9.17) is 0 Å². The van der Waals surface area contributed by atoms with E-state index < -0.39 is 0 Å². The number of nitrogens with zero attached hydrogens (tertiary/aromatic N) is 1. The first-order valence-corrected chi connectivity index (χ1v) is 9.28. The van der Waals surface area contributed by atoms with Gasteiger partial charge in [0.15, 0.2) is 0 Å². The molecule has 20 heavy (non-hydrogen) atoms. The second-order valence-corrected chi connectivity index (χ2v) is 7.14. The summed E-state index contributed by atoms with van der Waals surface area (Å²) in [6, 6.07) is 1.63. The van der Waals surface area contributed by atoms with Crippen molar-refractivity contribution in [3.05, 3.63) is 0 Å². The van der Waals surface area contributed by atoms with E-state index in [1.807, 2.05) is 0 Å². The highest BCUT2D eigenvalue weighted by Crippen LogP contribution is 2.35. The number of unbranched alkanes of at least 4 members (excludes halogenated alkanes) is 2. The molecule has 1 heterocycles. The van der Waals surface area contributed by atoms with Crippen LogP contribution in [-0.2, 0) is 0 Å². The molecule has 0 aromatic rings. The highest BCUT2D eigenvalue weighted by atomic mass is 15.2. The average Bonchev–Trinajstić information content (AvgIpc) is 3.09. The van der Waals surface area contributed by atoms with E-state index in [2.05, 4.69) is 24.1 Å². The summed E-state index contributed by atoms with van der Waals surface area (Å²) < 4.78 is 0. The maximum atomic E-state index is 3.74. The van der Waals surface area contributed by atoms with E-state index in [1.54, 1.807) is 0 Å². The molecule has 118 valence electrons. The molecule has 0 amide bonds. The molecule has 0 aromatic heterocycles. The van der Waals surface area contributed by atoms with Gasteiger partial charge < -0.3 is 5.32 Å². The van der Waals surface area contributed by atoms with Crippen LogP contribution >= 0.6 is 0 Å². The van der Waals surface area contributed by atoms with Gasteiger partial charge in [-0.1, -0.05) is 39.0 Å². The zero-order valence-corrected chi connectivity index (χ0v) is 13.9. The van der Waals surface area contributed by atoms with Crippen molar-refractivity contribution in [1.29, 1.82) is 0 Å². The van der Waals surface area contributed by atoms with Crippen molar-refractivity contribution in [2.45, 2.75) is 90.1 Å². The number of hydrogen-bond donors (Lipinski definition) is 1. The fourth-order valence-electron chi connectivity index (χ4n) is 4.26. The first-order chi connectivity index (χ1) is 9.81. The lowest BCUT2D eigenvalue weighted by Gasteiger charge is -2.29. The van der Waals surface area contributed by atoms with Gasteiger partial charge in [-0.05, 0) is 51.5 Å². The molecule has 2 heteroatoms. The molecule has 0 aromatic carbocycles. The Balaban J connectivity index is 1.60. The van der Waals surface area contributed by atoms with Crippen LogP contribution in [0.25, 0.3) is 0 Å². The van der Waals surface area contributed by atoms with Gasteiger partial charge in [-0.25, -0.2) is 0 Å². The van der Waals surface area contributed by atoms with Crippen molar-refractivity contribution in [1.82, 2.24) is 10.2 Å². The summed E-state index contributed by atoms with van der Waals surface area (Å²) in [7, 11) is 0. The topological polar surface area (TPSA) is 15.3 Å². The fraction of sp³-hybridized carbons (Fsp3) is 1.00. The third kappa shape index (κ3) is 5.04. The Morgan fingerprint density at radius 3 is 2.65 bits per heavy atom. The molecule has 2 rings (SSSR count). The van der Waals surface area contributed by atoms with Crippen molar-refractivity contribution in [2.24, 2.45) is 5.92 Å². The van der Waals surface area contributed by atoms with Crippen LogP contribution in [0.4, 0.5) is 0 Å². The third-order valence-corrected chi connectivity index (χ3v) is 5.49. The molecule has 2 atom stereocenters. The van der Waals surface area contributed by atoms with Crippen LogP contribution in [0.3, 0.4) is 0 Å². The standard InChI is InChI=1S/C18H36N2/c1-3-4-5-9-16(2)19-13-15-20-14-8-12-18(20)17-10-6-7-11-17/h16-19H,3-15H2,1-2H3. The van der Waals surface area contributed by atoms with Crippen LogP contribution < -0.4 is 5.32 Å². The minimum atomic E-state index is 0.703. The smallest absolute Gasteiger partial charge is 0.0124 e. The molecule has 1 saturated carbocycles. The van der Waals surface area contributed by atoms with Gasteiger partial charge in [0, 0.05) is 25.2 Å². The van der Waals surface area contributed by atoms with E-state index in [1.165, 1.54) is 83.8 Å². The Morgan fingerprint density at radius 2 is 1.90 bits per heavy atom. The maximum Gasteiger partial charge on any atom is 0.0124 e. The highest BCUT2D eigenvalue weighted by Gasteiger charge is 2.32. The summed E-state index contributed by atoms with van der Waals surface area (Å²) in [6.07, 6.45) is 14.3. The minimum absolute atomic E-state index is 0.703. The molecular formula is C18H36N2. The molecule has 2 aliphatic rings. The van der Waals surface area contributed by atoms with Gasteiger partial charge in [0.1, 0.15) is 0 Å². The van der Waals surface area contributed by atoms with E-state index in [9.17, 15) is 0 Å². The predicted molar refractivity (Wildman–Crippen MR) is 88.2 cm³/mol. The summed E-state index contributed by atoms with van der Waals surface area (Å²) in [4.78, 5) is 2.79. The lowest BCUT2D eigenvalue weighted by molar-refractivity contribution is 0.189. The highest BCUT2D eigenvalue weighted by molar-refractivity contribution is 4.87. The molecule has 1 N–H and O–H groups in total. The van der Waals surface area contributed by atoms with E-state index in [0.717, 1.165) is 12.0 Å².